The van der Waals surface area contributed by atoms with Crippen molar-refractivity contribution in [2.24, 2.45) is 16.7 Å². The first-order valence-corrected chi connectivity index (χ1v) is 7.50. The van der Waals surface area contributed by atoms with Crippen LogP contribution in [-0.2, 0) is 0 Å². The van der Waals surface area contributed by atoms with E-state index in [0.717, 1.165) is 18.8 Å². The van der Waals surface area contributed by atoms with Gasteiger partial charge in [-0.3, -0.25) is 0 Å². The fraction of sp³-hybridized carbons (Fsp3) is 1.00. The quantitative estimate of drug-likeness (QED) is 0.693. The molecule has 3 atom stereocenters. The van der Waals surface area contributed by atoms with Crippen molar-refractivity contribution in [2.45, 2.75) is 78.7 Å². The topological polar surface area (TPSA) is 40.5 Å². The highest BCUT2D eigenvalue weighted by atomic mass is 16.3. The van der Waals surface area contributed by atoms with E-state index in [1.165, 1.54) is 25.7 Å². The van der Waals surface area contributed by atoms with Crippen LogP contribution in [0.1, 0.15) is 73.1 Å². The zero-order valence-corrected chi connectivity index (χ0v) is 12.9. The fourth-order valence-corrected chi connectivity index (χ4v) is 4.60. The zero-order chi connectivity index (χ0) is 14.0. The highest BCUT2D eigenvalue weighted by Crippen LogP contribution is 2.59. The molecule has 2 nitrogen and oxygen atoms in total. The van der Waals surface area contributed by atoms with Crippen LogP contribution < -0.4 is 0 Å². The third-order valence-corrected chi connectivity index (χ3v) is 5.11. The second-order valence-corrected chi connectivity index (χ2v) is 7.58. The van der Waals surface area contributed by atoms with E-state index in [9.17, 15) is 5.11 Å². The van der Waals surface area contributed by atoms with Crippen LogP contribution in [0.3, 0.4) is 0 Å². The van der Waals surface area contributed by atoms with E-state index >= 15 is 0 Å². The molecule has 0 aromatic carbocycles. The summed E-state index contributed by atoms with van der Waals surface area (Å²) in [5.74, 6) is 0.818. The summed E-state index contributed by atoms with van der Waals surface area (Å²) in [4.78, 5) is 0. The molecule has 0 radical (unpaired) electrons. The summed E-state index contributed by atoms with van der Waals surface area (Å²) in [7, 11) is 0. The Kier molecular flexibility index (Phi) is 4.88. The highest BCUT2D eigenvalue weighted by molar-refractivity contribution is 5.02. The van der Waals surface area contributed by atoms with Gasteiger partial charge in [0.1, 0.15) is 0 Å². The number of hydrogen-bond acceptors (Lipinski definition) is 2. The SMILES string of the molecule is CC1(O)CCC2C(C)(C)CCCC2(C)C1.CCO. The first-order valence-electron chi connectivity index (χ1n) is 7.50. The number of hydrogen-bond donors (Lipinski definition) is 2. The second kappa shape index (κ2) is 5.50. The number of aliphatic hydroxyl groups excluding tert-OH is 1. The van der Waals surface area contributed by atoms with Crippen LogP contribution in [0.5, 0.6) is 0 Å². The van der Waals surface area contributed by atoms with Gasteiger partial charge in [-0.15, -0.1) is 0 Å². The standard InChI is InChI=1S/C14H26O.C2H6O/c1-12(2)7-5-8-13(3)10-14(4,15)9-6-11(12)13;1-2-3/h11,15H,5-10H2,1-4H3;3H,2H2,1H3. The Bertz CT molecular complexity index is 270. The molecule has 0 aliphatic heterocycles. The Hall–Kier alpha value is -0.0800. The smallest absolute Gasteiger partial charge is 0.0625 e. The number of fused-ring (bicyclic) bond motifs is 1. The van der Waals surface area contributed by atoms with Crippen molar-refractivity contribution in [2.75, 3.05) is 6.61 Å². The third-order valence-electron chi connectivity index (χ3n) is 5.11. The molecule has 0 amide bonds. The van der Waals surface area contributed by atoms with Crippen molar-refractivity contribution in [3.05, 3.63) is 0 Å². The predicted octanol–water partition coefficient (Wildman–Crippen LogP) is 3.75. The summed E-state index contributed by atoms with van der Waals surface area (Å²) in [6.45, 7) is 11.2. The minimum atomic E-state index is -0.404. The maximum atomic E-state index is 10.2. The molecule has 0 saturated heterocycles. The van der Waals surface area contributed by atoms with E-state index in [0.29, 0.717) is 10.8 Å². The largest absolute Gasteiger partial charge is 0.397 e. The lowest BCUT2D eigenvalue weighted by Crippen LogP contribution is -2.50. The van der Waals surface area contributed by atoms with Crippen molar-refractivity contribution in [3.8, 4) is 0 Å². The predicted molar refractivity (Wildman–Crippen MR) is 76.5 cm³/mol. The molecule has 2 N–H and O–H groups in total. The summed E-state index contributed by atoms with van der Waals surface area (Å²) in [6, 6.07) is 0. The molecular formula is C16H32O2. The monoisotopic (exact) mass is 256 g/mol. The van der Waals surface area contributed by atoms with Crippen LogP contribution in [0, 0.1) is 16.7 Å². The highest BCUT2D eigenvalue weighted by Gasteiger charge is 2.51. The van der Waals surface area contributed by atoms with E-state index < -0.39 is 5.60 Å². The molecule has 2 saturated carbocycles. The molecular weight excluding hydrogens is 224 g/mol. The first-order chi connectivity index (χ1) is 8.17. The van der Waals surface area contributed by atoms with Gasteiger partial charge in [-0.05, 0) is 62.7 Å². The van der Waals surface area contributed by atoms with Crippen molar-refractivity contribution >= 4 is 0 Å². The normalized spacial score (nSPS) is 42.5. The van der Waals surface area contributed by atoms with E-state index in [2.05, 4.69) is 20.8 Å². The number of aliphatic hydroxyl groups is 2. The van der Waals surface area contributed by atoms with Gasteiger partial charge in [-0.1, -0.05) is 27.2 Å². The van der Waals surface area contributed by atoms with Crippen LogP contribution in [-0.4, -0.2) is 22.4 Å². The van der Waals surface area contributed by atoms with Crippen LogP contribution in [0.2, 0.25) is 0 Å². The summed E-state index contributed by atoms with van der Waals surface area (Å²) in [6.07, 6.45) is 7.25. The van der Waals surface area contributed by atoms with Crippen molar-refractivity contribution in [1.29, 1.82) is 0 Å². The average molecular weight is 256 g/mol. The summed E-state index contributed by atoms with van der Waals surface area (Å²) >= 11 is 0. The van der Waals surface area contributed by atoms with Gasteiger partial charge in [0.2, 0.25) is 0 Å². The first kappa shape index (κ1) is 16.0. The van der Waals surface area contributed by atoms with E-state index in [1.54, 1.807) is 6.92 Å². The van der Waals surface area contributed by atoms with Gasteiger partial charge in [0.15, 0.2) is 0 Å². The molecule has 0 bridgehead atoms. The molecule has 2 heteroatoms. The lowest BCUT2D eigenvalue weighted by Gasteiger charge is -2.56. The van der Waals surface area contributed by atoms with Crippen LogP contribution in [0.15, 0.2) is 0 Å². The van der Waals surface area contributed by atoms with E-state index in [-0.39, 0.29) is 6.61 Å². The van der Waals surface area contributed by atoms with Crippen molar-refractivity contribution in [3.63, 3.8) is 0 Å². The Labute approximate surface area is 113 Å². The molecule has 108 valence electrons. The zero-order valence-electron chi connectivity index (χ0n) is 12.9. The number of rotatable bonds is 0. The summed E-state index contributed by atoms with van der Waals surface area (Å²) in [5, 5.41) is 17.8. The molecule has 2 fully saturated rings. The Morgan fingerprint density at radius 3 is 2.17 bits per heavy atom. The van der Waals surface area contributed by atoms with Gasteiger partial charge >= 0.3 is 0 Å². The average Bonchev–Trinajstić information content (AvgIpc) is 2.14. The van der Waals surface area contributed by atoms with Gasteiger partial charge in [0, 0.05) is 6.61 Å². The molecule has 0 heterocycles. The second-order valence-electron chi connectivity index (χ2n) is 7.58. The van der Waals surface area contributed by atoms with Gasteiger partial charge in [-0.2, -0.15) is 0 Å². The molecule has 2 aliphatic rings. The third kappa shape index (κ3) is 3.48. The Balaban J connectivity index is 0.000000492. The molecule has 0 aromatic heterocycles. The lowest BCUT2D eigenvalue weighted by atomic mass is 9.50. The van der Waals surface area contributed by atoms with E-state index in [4.69, 9.17) is 5.11 Å². The minimum Gasteiger partial charge on any atom is -0.397 e. The van der Waals surface area contributed by atoms with Gasteiger partial charge in [-0.25, -0.2) is 0 Å². The van der Waals surface area contributed by atoms with Crippen molar-refractivity contribution < 1.29 is 10.2 Å². The fourth-order valence-electron chi connectivity index (χ4n) is 4.60. The lowest BCUT2D eigenvalue weighted by molar-refractivity contribution is -0.114. The van der Waals surface area contributed by atoms with Crippen LogP contribution in [0.4, 0.5) is 0 Å². The van der Waals surface area contributed by atoms with E-state index in [1.807, 2.05) is 6.92 Å². The summed E-state index contributed by atoms with van der Waals surface area (Å²) < 4.78 is 0. The van der Waals surface area contributed by atoms with Crippen LogP contribution >= 0.6 is 0 Å². The van der Waals surface area contributed by atoms with Gasteiger partial charge in [0.05, 0.1) is 5.60 Å². The minimum absolute atomic E-state index is 0.250. The molecule has 3 unspecified atom stereocenters. The van der Waals surface area contributed by atoms with Crippen molar-refractivity contribution in [1.82, 2.24) is 0 Å². The summed E-state index contributed by atoms with van der Waals surface area (Å²) in [5.41, 5.74) is 0.478. The van der Waals surface area contributed by atoms with Gasteiger partial charge in [0.25, 0.3) is 0 Å². The molecule has 0 aromatic rings. The maximum absolute atomic E-state index is 10.2. The maximum Gasteiger partial charge on any atom is 0.0625 e. The van der Waals surface area contributed by atoms with Gasteiger partial charge < -0.3 is 10.2 Å². The molecule has 0 spiro atoms. The Morgan fingerprint density at radius 1 is 1.06 bits per heavy atom. The molecule has 2 aliphatic carbocycles. The molecule has 18 heavy (non-hydrogen) atoms. The Morgan fingerprint density at radius 2 is 1.61 bits per heavy atom. The molecule has 2 rings (SSSR count). The van der Waals surface area contributed by atoms with Crippen LogP contribution in [0.25, 0.3) is 0 Å².